The smallest absolute Gasteiger partial charge is 0.238 e. The average molecular weight is 291 g/mol. The van der Waals surface area contributed by atoms with Gasteiger partial charge < -0.3 is 15.8 Å². The Bertz CT molecular complexity index is 485. The van der Waals surface area contributed by atoms with E-state index < -0.39 is 0 Å². The van der Waals surface area contributed by atoms with Crippen molar-refractivity contribution in [1.82, 2.24) is 4.90 Å². The molecule has 3 N–H and O–H groups in total. The highest BCUT2D eigenvalue weighted by Gasteiger charge is 2.33. The molecule has 116 valence electrons. The zero-order valence-electron chi connectivity index (χ0n) is 13.1. The quantitative estimate of drug-likeness (QED) is 0.879. The van der Waals surface area contributed by atoms with Crippen molar-refractivity contribution in [3.63, 3.8) is 0 Å². The van der Waals surface area contributed by atoms with Crippen LogP contribution in [0.3, 0.4) is 0 Å². The predicted octanol–water partition coefficient (Wildman–Crippen LogP) is 1.37. The molecule has 5 heteroatoms. The molecule has 1 aromatic rings. The van der Waals surface area contributed by atoms with Gasteiger partial charge in [0.15, 0.2) is 0 Å². The number of nitrogens with one attached hydrogen (secondary N) is 1. The van der Waals surface area contributed by atoms with Crippen LogP contribution in [0, 0.1) is 6.92 Å². The van der Waals surface area contributed by atoms with Crippen LogP contribution in [0.25, 0.3) is 0 Å². The first-order valence-corrected chi connectivity index (χ1v) is 7.35. The number of nitrogens with zero attached hydrogens (tertiary/aromatic N) is 1. The summed E-state index contributed by atoms with van der Waals surface area (Å²) in [5.41, 5.74) is 7.43. The normalized spacial score (nSPS) is 22.0. The van der Waals surface area contributed by atoms with E-state index in [1.165, 1.54) is 5.56 Å². The summed E-state index contributed by atoms with van der Waals surface area (Å²) >= 11 is 0. The van der Waals surface area contributed by atoms with E-state index in [2.05, 4.69) is 10.2 Å². The molecule has 1 heterocycles. The fraction of sp³-hybridized carbons (Fsp3) is 0.562. The molecule has 0 bridgehead atoms. The highest BCUT2D eigenvalue weighted by molar-refractivity contribution is 5.92. The summed E-state index contributed by atoms with van der Waals surface area (Å²) in [5.74, 6) is -0.00711. The first kappa shape index (κ1) is 15.9. The molecule has 2 rings (SSSR count). The first-order chi connectivity index (χ1) is 9.88. The van der Waals surface area contributed by atoms with Crippen LogP contribution in [-0.4, -0.2) is 48.7 Å². The number of ether oxygens (including phenoxy) is 1. The Labute approximate surface area is 126 Å². The second-order valence-corrected chi connectivity index (χ2v) is 6.32. The second kappa shape index (κ2) is 6.56. The largest absolute Gasteiger partial charge is 0.368 e. The molecule has 1 atom stereocenters. The van der Waals surface area contributed by atoms with Gasteiger partial charge in [0.2, 0.25) is 5.91 Å². The van der Waals surface area contributed by atoms with Crippen LogP contribution >= 0.6 is 0 Å². The molecule has 0 saturated carbocycles. The molecule has 1 aliphatic heterocycles. The molecule has 1 saturated heterocycles. The van der Waals surface area contributed by atoms with E-state index in [1.54, 1.807) is 0 Å². The van der Waals surface area contributed by atoms with Crippen molar-refractivity contribution in [2.45, 2.75) is 32.5 Å². The predicted molar refractivity (Wildman–Crippen MR) is 84.3 cm³/mol. The number of rotatable bonds is 4. The van der Waals surface area contributed by atoms with Crippen molar-refractivity contribution < 1.29 is 9.53 Å². The van der Waals surface area contributed by atoms with E-state index in [-0.39, 0.29) is 17.6 Å². The highest BCUT2D eigenvalue weighted by Crippen LogP contribution is 2.20. The van der Waals surface area contributed by atoms with Gasteiger partial charge in [0.05, 0.1) is 18.2 Å². The fourth-order valence-electron chi connectivity index (χ4n) is 2.70. The Kier molecular flexibility index (Phi) is 4.98. The number of benzene rings is 1. The number of morpholine rings is 1. The van der Waals surface area contributed by atoms with Crippen LogP contribution in [0.5, 0.6) is 0 Å². The van der Waals surface area contributed by atoms with Crippen LogP contribution in [0.4, 0.5) is 5.69 Å². The lowest BCUT2D eigenvalue weighted by Gasteiger charge is -2.42. The Hall–Kier alpha value is -1.43. The summed E-state index contributed by atoms with van der Waals surface area (Å²) < 4.78 is 5.87. The van der Waals surface area contributed by atoms with Crippen molar-refractivity contribution in [1.29, 1.82) is 0 Å². The molecule has 5 nitrogen and oxygen atoms in total. The molecule has 1 aliphatic rings. The Morgan fingerprint density at radius 3 is 2.71 bits per heavy atom. The van der Waals surface area contributed by atoms with Crippen LogP contribution in [-0.2, 0) is 9.53 Å². The van der Waals surface area contributed by atoms with Crippen molar-refractivity contribution in [3.05, 3.63) is 29.8 Å². The van der Waals surface area contributed by atoms with Gasteiger partial charge in [-0.25, -0.2) is 0 Å². The molecule has 1 amide bonds. The molecule has 1 aromatic carbocycles. The van der Waals surface area contributed by atoms with Crippen molar-refractivity contribution in [2.24, 2.45) is 5.73 Å². The van der Waals surface area contributed by atoms with Crippen LogP contribution in [0.2, 0.25) is 0 Å². The molecular formula is C16H25N3O2. The number of nitrogens with two attached hydrogens (primary N) is 1. The molecule has 0 aromatic heterocycles. The maximum absolute atomic E-state index is 12.1. The number of amides is 1. The number of hydrogen-bond acceptors (Lipinski definition) is 4. The minimum Gasteiger partial charge on any atom is -0.368 e. The second-order valence-electron chi connectivity index (χ2n) is 6.32. The third-order valence-corrected chi connectivity index (χ3v) is 3.52. The lowest BCUT2D eigenvalue weighted by molar-refractivity contribution is -0.138. The van der Waals surface area contributed by atoms with Gasteiger partial charge in [0.25, 0.3) is 0 Å². The summed E-state index contributed by atoms with van der Waals surface area (Å²) in [4.78, 5) is 14.2. The first-order valence-electron chi connectivity index (χ1n) is 7.35. The maximum Gasteiger partial charge on any atom is 0.238 e. The molecule has 0 aliphatic carbocycles. The summed E-state index contributed by atoms with van der Waals surface area (Å²) in [6, 6.07) is 7.80. The minimum absolute atomic E-state index is 0.00711. The van der Waals surface area contributed by atoms with E-state index in [9.17, 15) is 4.79 Å². The highest BCUT2D eigenvalue weighted by atomic mass is 16.5. The topological polar surface area (TPSA) is 67.6 Å². The summed E-state index contributed by atoms with van der Waals surface area (Å²) in [5, 5.41) is 2.92. The third-order valence-electron chi connectivity index (χ3n) is 3.52. The Balaban J connectivity index is 1.91. The molecule has 1 fully saturated rings. The number of anilines is 1. The SMILES string of the molecule is Cc1ccc(NC(=O)CN2CC(CN)OC(C)(C)C2)cc1. The zero-order chi connectivity index (χ0) is 15.5. The van der Waals surface area contributed by atoms with Gasteiger partial charge in [-0.1, -0.05) is 17.7 Å². The number of carbonyl (C=O) groups is 1. The van der Waals surface area contributed by atoms with Crippen LogP contribution in [0.15, 0.2) is 24.3 Å². The van der Waals surface area contributed by atoms with Gasteiger partial charge in [0, 0.05) is 25.3 Å². The van der Waals surface area contributed by atoms with Crippen molar-refractivity contribution in [3.8, 4) is 0 Å². The molecular weight excluding hydrogens is 266 g/mol. The fourth-order valence-corrected chi connectivity index (χ4v) is 2.70. The number of carbonyl (C=O) groups excluding carboxylic acids is 1. The molecule has 0 radical (unpaired) electrons. The Morgan fingerprint density at radius 1 is 1.43 bits per heavy atom. The van der Waals surface area contributed by atoms with Crippen molar-refractivity contribution in [2.75, 3.05) is 31.5 Å². The van der Waals surface area contributed by atoms with Gasteiger partial charge in [-0.2, -0.15) is 0 Å². The lowest BCUT2D eigenvalue weighted by atomic mass is 10.1. The molecule has 1 unspecified atom stereocenters. The van der Waals surface area contributed by atoms with E-state index >= 15 is 0 Å². The Morgan fingerprint density at radius 2 is 2.10 bits per heavy atom. The van der Waals surface area contributed by atoms with Gasteiger partial charge in [-0.05, 0) is 32.9 Å². The van der Waals surface area contributed by atoms with E-state index in [0.717, 1.165) is 12.2 Å². The van der Waals surface area contributed by atoms with Gasteiger partial charge >= 0.3 is 0 Å². The standard InChI is InChI=1S/C16H25N3O2/c1-12-4-6-13(7-5-12)18-15(20)10-19-9-14(8-17)21-16(2,3)11-19/h4-7,14H,8-11,17H2,1-3H3,(H,18,20). The van der Waals surface area contributed by atoms with E-state index in [0.29, 0.717) is 19.6 Å². The average Bonchev–Trinajstić information content (AvgIpc) is 2.39. The molecule has 21 heavy (non-hydrogen) atoms. The van der Waals surface area contributed by atoms with Crippen LogP contribution in [0.1, 0.15) is 19.4 Å². The summed E-state index contributed by atoms with van der Waals surface area (Å²) in [6.07, 6.45) is -0.0130. The van der Waals surface area contributed by atoms with Gasteiger partial charge in [-0.3, -0.25) is 9.69 Å². The minimum atomic E-state index is -0.271. The van der Waals surface area contributed by atoms with Crippen molar-refractivity contribution >= 4 is 11.6 Å². The van der Waals surface area contributed by atoms with Gasteiger partial charge in [0.1, 0.15) is 0 Å². The van der Waals surface area contributed by atoms with E-state index in [4.69, 9.17) is 10.5 Å². The maximum atomic E-state index is 12.1. The number of aryl methyl sites for hydroxylation is 1. The zero-order valence-corrected chi connectivity index (χ0v) is 13.1. The number of hydrogen-bond donors (Lipinski definition) is 2. The van der Waals surface area contributed by atoms with E-state index in [1.807, 2.05) is 45.0 Å². The molecule has 0 spiro atoms. The van der Waals surface area contributed by atoms with Crippen LogP contribution < -0.4 is 11.1 Å². The summed E-state index contributed by atoms with van der Waals surface area (Å²) in [6.45, 7) is 8.33. The summed E-state index contributed by atoms with van der Waals surface area (Å²) in [7, 11) is 0. The van der Waals surface area contributed by atoms with Gasteiger partial charge in [-0.15, -0.1) is 0 Å². The lowest BCUT2D eigenvalue weighted by Crippen LogP contribution is -2.56. The third kappa shape index (κ3) is 4.81. The monoisotopic (exact) mass is 291 g/mol.